The molecule has 0 fully saturated rings. The van der Waals surface area contributed by atoms with Gasteiger partial charge in [-0.05, 0) is 19.3 Å². The Kier molecular flexibility index (Phi) is 10.5. The Morgan fingerprint density at radius 3 is 1.38 bits per heavy atom. The molecule has 0 heterocycles. The molecule has 2 heteroatoms. The predicted octanol–water partition coefficient (Wildman–Crippen LogP) is 5.53. The third-order valence-corrected chi connectivity index (χ3v) is 6.65. The van der Waals surface area contributed by atoms with Crippen molar-refractivity contribution in [1.29, 1.82) is 0 Å². The topological polar surface area (TPSA) is 17.1 Å². The zero-order valence-corrected chi connectivity index (χ0v) is 12.5. The van der Waals surface area contributed by atoms with Crippen LogP contribution in [0.15, 0.2) is 0 Å². The number of hydrogen-bond acceptors (Lipinski definition) is 1. The maximum absolute atomic E-state index is 12.7. The molecule has 0 radical (unpaired) electrons. The highest BCUT2D eigenvalue weighted by Gasteiger charge is 2.19. The highest BCUT2D eigenvalue weighted by Crippen LogP contribution is 2.48. The lowest BCUT2D eigenvalue weighted by Gasteiger charge is -2.17. The highest BCUT2D eigenvalue weighted by atomic mass is 31.2. The smallest absolute Gasteiger partial charge is 0.0877 e. The Morgan fingerprint density at radius 1 is 0.625 bits per heavy atom. The summed E-state index contributed by atoms with van der Waals surface area (Å²) in [7, 11) is -1.80. The van der Waals surface area contributed by atoms with E-state index in [0.717, 1.165) is 24.9 Å². The van der Waals surface area contributed by atoms with Gasteiger partial charge in [0.2, 0.25) is 0 Å². The van der Waals surface area contributed by atoms with Gasteiger partial charge in [-0.15, -0.1) is 0 Å². The largest absolute Gasteiger partial charge is 0.324 e. The van der Waals surface area contributed by atoms with Gasteiger partial charge in [-0.25, -0.2) is 0 Å². The molecular formula is C14H31OP. The molecule has 0 unspecified atom stereocenters. The van der Waals surface area contributed by atoms with Gasteiger partial charge >= 0.3 is 0 Å². The molecule has 0 amide bonds. The first-order chi connectivity index (χ1) is 7.68. The van der Waals surface area contributed by atoms with Crippen molar-refractivity contribution in [2.45, 2.75) is 72.1 Å². The zero-order valence-electron chi connectivity index (χ0n) is 11.6. The molecule has 0 atom stereocenters. The average molecular weight is 246 g/mol. The third kappa shape index (κ3) is 8.39. The fraction of sp³-hybridized carbons (Fsp3) is 1.00. The zero-order chi connectivity index (χ0) is 12.3. The molecular weight excluding hydrogens is 215 g/mol. The van der Waals surface area contributed by atoms with E-state index in [9.17, 15) is 4.57 Å². The van der Waals surface area contributed by atoms with Crippen LogP contribution < -0.4 is 0 Å². The van der Waals surface area contributed by atoms with Gasteiger partial charge in [0.05, 0.1) is 7.14 Å². The third-order valence-electron chi connectivity index (χ3n) is 3.26. The van der Waals surface area contributed by atoms with E-state index in [4.69, 9.17) is 0 Å². The lowest BCUT2D eigenvalue weighted by Crippen LogP contribution is -2.01. The van der Waals surface area contributed by atoms with Crippen molar-refractivity contribution in [2.24, 2.45) is 0 Å². The molecule has 0 saturated heterocycles. The monoisotopic (exact) mass is 246 g/mol. The maximum atomic E-state index is 12.7. The Morgan fingerprint density at radius 2 is 1.00 bits per heavy atom. The minimum atomic E-state index is -1.80. The maximum Gasteiger partial charge on any atom is 0.0877 e. The van der Waals surface area contributed by atoms with Gasteiger partial charge in [0.25, 0.3) is 0 Å². The Balaban J connectivity index is 3.97. The normalized spacial score (nSPS) is 11.9. The van der Waals surface area contributed by atoms with Gasteiger partial charge in [0.15, 0.2) is 0 Å². The highest BCUT2D eigenvalue weighted by molar-refractivity contribution is 7.63. The van der Waals surface area contributed by atoms with Crippen molar-refractivity contribution >= 4 is 7.14 Å². The molecule has 1 nitrogen and oxygen atoms in total. The second-order valence-electron chi connectivity index (χ2n) is 5.00. The van der Waals surface area contributed by atoms with E-state index in [1.54, 1.807) is 0 Å². The molecule has 0 aliphatic carbocycles. The van der Waals surface area contributed by atoms with Crippen molar-refractivity contribution in [2.75, 3.05) is 18.5 Å². The Bertz CT molecular complexity index is 175. The summed E-state index contributed by atoms with van der Waals surface area (Å²) in [5.41, 5.74) is 0. The molecule has 0 saturated carbocycles. The number of unbranched alkanes of at least 4 members (excludes halogenated alkanes) is 5. The van der Waals surface area contributed by atoms with Crippen LogP contribution in [0.2, 0.25) is 0 Å². The molecule has 0 aliphatic heterocycles. The lowest BCUT2D eigenvalue weighted by atomic mass is 10.3. The summed E-state index contributed by atoms with van der Waals surface area (Å²) < 4.78 is 12.7. The average Bonchev–Trinajstić information content (AvgIpc) is 2.27. The fourth-order valence-corrected chi connectivity index (χ4v) is 5.24. The van der Waals surface area contributed by atoms with Gasteiger partial charge < -0.3 is 4.57 Å². The van der Waals surface area contributed by atoms with Gasteiger partial charge in [-0.1, -0.05) is 52.9 Å². The number of hydrogen-bond donors (Lipinski definition) is 0. The summed E-state index contributed by atoms with van der Waals surface area (Å²) in [6.07, 6.45) is 12.7. The first-order valence-electron chi connectivity index (χ1n) is 7.25. The minimum absolute atomic E-state index is 1.01. The molecule has 0 spiro atoms. The molecule has 98 valence electrons. The first-order valence-corrected chi connectivity index (χ1v) is 9.52. The van der Waals surface area contributed by atoms with Crippen LogP contribution in [0.25, 0.3) is 0 Å². The SMILES string of the molecule is CCCCCP(=O)(CCCC)CCCCC. The summed E-state index contributed by atoms with van der Waals surface area (Å²) in [6, 6.07) is 0. The van der Waals surface area contributed by atoms with Gasteiger partial charge in [-0.3, -0.25) is 0 Å². The molecule has 0 N–H and O–H groups in total. The molecule has 0 bridgehead atoms. The van der Waals surface area contributed by atoms with Crippen LogP contribution in [0.5, 0.6) is 0 Å². The van der Waals surface area contributed by atoms with Crippen molar-refractivity contribution < 1.29 is 4.57 Å². The van der Waals surface area contributed by atoms with Crippen molar-refractivity contribution in [1.82, 2.24) is 0 Å². The fourth-order valence-electron chi connectivity index (χ4n) is 2.08. The summed E-state index contributed by atoms with van der Waals surface area (Å²) in [6.45, 7) is 6.63. The molecule has 0 aromatic heterocycles. The minimum Gasteiger partial charge on any atom is -0.324 e. The van der Waals surface area contributed by atoms with Crippen LogP contribution >= 0.6 is 7.14 Å². The van der Waals surface area contributed by atoms with Crippen molar-refractivity contribution in [3.8, 4) is 0 Å². The summed E-state index contributed by atoms with van der Waals surface area (Å²) in [4.78, 5) is 0. The van der Waals surface area contributed by atoms with Gasteiger partial charge in [0.1, 0.15) is 0 Å². The molecule has 0 rings (SSSR count). The van der Waals surface area contributed by atoms with E-state index in [0.29, 0.717) is 0 Å². The van der Waals surface area contributed by atoms with Crippen LogP contribution in [-0.2, 0) is 4.57 Å². The van der Waals surface area contributed by atoms with Crippen LogP contribution in [0.4, 0.5) is 0 Å². The summed E-state index contributed by atoms with van der Waals surface area (Å²) in [5.74, 6) is 0. The molecule has 0 aromatic rings. The second-order valence-corrected chi connectivity index (χ2v) is 8.45. The first kappa shape index (κ1) is 16.2. The quantitative estimate of drug-likeness (QED) is 0.346. The Hall–Kier alpha value is 0.230. The van der Waals surface area contributed by atoms with Crippen molar-refractivity contribution in [3.63, 3.8) is 0 Å². The van der Waals surface area contributed by atoms with Gasteiger partial charge in [-0.2, -0.15) is 0 Å². The van der Waals surface area contributed by atoms with E-state index in [1.165, 1.54) is 44.9 Å². The number of rotatable bonds is 11. The van der Waals surface area contributed by atoms with Crippen LogP contribution in [0, 0.1) is 0 Å². The van der Waals surface area contributed by atoms with Crippen LogP contribution in [0.3, 0.4) is 0 Å². The summed E-state index contributed by atoms with van der Waals surface area (Å²) in [5, 5.41) is 0. The molecule has 16 heavy (non-hydrogen) atoms. The summed E-state index contributed by atoms with van der Waals surface area (Å²) >= 11 is 0. The van der Waals surface area contributed by atoms with Gasteiger partial charge in [0, 0.05) is 18.5 Å². The molecule has 0 aromatic carbocycles. The van der Waals surface area contributed by atoms with E-state index in [2.05, 4.69) is 20.8 Å². The van der Waals surface area contributed by atoms with Crippen molar-refractivity contribution in [3.05, 3.63) is 0 Å². The van der Waals surface area contributed by atoms with Crippen LogP contribution in [-0.4, -0.2) is 18.5 Å². The van der Waals surface area contributed by atoms with Crippen LogP contribution in [0.1, 0.15) is 72.1 Å². The predicted molar refractivity (Wildman–Crippen MR) is 76.2 cm³/mol. The Labute approximate surface area is 103 Å². The molecule has 0 aliphatic rings. The van der Waals surface area contributed by atoms with E-state index >= 15 is 0 Å². The van der Waals surface area contributed by atoms with E-state index in [1.807, 2.05) is 0 Å². The second kappa shape index (κ2) is 10.4. The van der Waals surface area contributed by atoms with E-state index < -0.39 is 7.14 Å². The lowest BCUT2D eigenvalue weighted by molar-refractivity contribution is 0.565. The van der Waals surface area contributed by atoms with E-state index in [-0.39, 0.29) is 0 Å². The standard InChI is InChI=1S/C14H31OP/c1-4-7-10-13-16(15,12-9-6-3)14-11-8-5-2/h4-14H2,1-3H3.